The van der Waals surface area contributed by atoms with Gasteiger partial charge in [0.05, 0.1) is 12.7 Å². The zero-order chi connectivity index (χ0) is 17.7. The summed E-state index contributed by atoms with van der Waals surface area (Å²) in [5.41, 5.74) is -0.0929. The number of halogens is 4. The minimum Gasteiger partial charge on any atom is -0.496 e. The Labute approximate surface area is 145 Å². The molecule has 3 nitrogen and oxygen atoms in total. The molecule has 0 heterocycles. The minimum atomic E-state index is -4.46. The number of nitrogens with one attached hydrogen (secondary N) is 1. The van der Waals surface area contributed by atoms with Gasteiger partial charge in [-0.05, 0) is 42.5 Å². The van der Waals surface area contributed by atoms with E-state index in [1.165, 1.54) is 31.4 Å². The lowest BCUT2D eigenvalue weighted by Crippen LogP contribution is -2.10. The molecule has 0 aliphatic carbocycles. The molecular weight excluding hydrogens is 387 g/mol. The number of amides is 1. The van der Waals surface area contributed by atoms with Crippen molar-refractivity contribution in [3.05, 3.63) is 64.1 Å². The quantitative estimate of drug-likeness (QED) is 0.723. The molecule has 0 saturated heterocycles. The Bertz CT molecular complexity index is 773. The lowest BCUT2D eigenvalue weighted by molar-refractivity contribution is -0.137. The molecule has 0 unspecified atom stereocenters. The SMILES string of the molecule is COc1ccc(Br)cc1/C=C/C(=O)Nc1cccc(C(F)(F)F)c1. The minimum absolute atomic E-state index is 0.0701. The molecule has 2 rings (SSSR count). The molecule has 1 amide bonds. The highest BCUT2D eigenvalue weighted by atomic mass is 79.9. The lowest BCUT2D eigenvalue weighted by atomic mass is 10.1. The molecule has 0 radical (unpaired) electrons. The van der Waals surface area contributed by atoms with Crippen LogP contribution in [0.5, 0.6) is 5.75 Å². The molecule has 0 fully saturated rings. The molecule has 2 aromatic rings. The number of carbonyl (C=O) groups excluding carboxylic acids is 1. The predicted octanol–water partition coefficient (Wildman–Crippen LogP) is 5.13. The van der Waals surface area contributed by atoms with E-state index in [4.69, 9.17) is 4.74 Å². The van der Waals surface area contributed by atoms with Crippen molar-refractivity contribution in [1.29, 1.82) is 0 Å². The van der Waals surface area contributed by atoms with E-state index in [0.29, 0.717) is 11.3 Å². The highest BCUT2D eigenvalue weighted by molar-refractivity contribution is 9.10. The summed E-state index contributed by atoms with van der Waals surface area (Å²) >= 11 is 3.32. The van der Waals surface area contributed by atoms with Gasteiger partial charge in [-0.2, -0.15) is 13.2 Å². The number of benzene rings is 2. The van der Waals surface area contributed by atoms with Crippen LogP contribution in [-0.4, -0.2) is 13.0 Å². The Morgan fingerprint density at radius 1 is 1.21 bits per heavy atom. The summed E-state index contributed by atoms with van der Waals surface area (Å²) in [6.45, 7) is 0. The zero-order valence-corrected chi connectivity index (χ0v) is 14.1. The van der Waals surface area contributed by atoms with Crippen molar-refractivity contribution in [1.82, 2.24) is 0 Å². The van der Waals surface area contributed by atoms with Crippen molar-refractivity contribution in [3.8, 4) is 5.75 Å². The lowest BCUT2D eigenvalue weighted by Gasteiger charge is -2.09. The molecule has 0 aliphatic rings. The van der Waals surface area contributed by atoms with Crippen molar-refractivity contribution in [2.45, 2.75) is 6.18 Å². The van der Waals surface area contributed by atoms with Crippen LogP contribution in [0.4, 0.5) is 18.9 Å². The second-order valence-corrected chi connectivity index (χ2v) is 5.70. The second-order valence-electron chi connectivity index (χ2n) is 4.79. The summed E-state index contributed by atoms with van der Waals surface area (Å²) < 4.78 is 43.9. The average molecular weight is 400 g/mol. The van der Waals surface area contributed by atoms with Crippen LogP contribution >= 0.6 is 15.9 Å². The zero-order valence-electron chi connectivity index (χ0n) is 12.5. The Morgan fingerprint density at radius 3 is 2.62 bits per heavy atom. The number of rotatable bonds is 4. The van der Waals surface area contributed by atoms with Crippen molar-refractivity contribution < 1.29 is 22.7 Å². The number of alkyl halides is 3. The van der Waals surface area contributed by atoms with Crippen molar-refractivity contribution >= 4 is 33.6 Å². The third-order valence-electron chi connectivity index (χ3n) is 3.06. The van der Waals surface area contributed by atoms with Gasteiger partial charge in [0, 0.05) is 21.8 Å². The van der Waals surface area contributed by atoms with Crippen molar-refractivity contribution in [2.75, 3.05) is 12.4 Å². The Kier molecular flexibility index (Phi) is 5.66. The molecule has 0 aliphatic heterocycles. The van der Waals surface area contributed by atoms with Gasteiger partial charge in [0.1, 0.15) is 5.75 Å². The van der Waals surface area contributed by atoms with Crippen LogP contribution in [0.25, 0.3) is 6.08 Å². The Balaban J connectivity index is 2.13. The maximum Gasteiger partial charge on any atom is 0.416 e. The number of anilines is 1. The molecule has 0 spiro atoms. The van der Waals surface area contributed by atoms with E-state index in [1.54, 1.807) is 18.2 Å². The smallest absolute Gasteiger partial charge is 0.416 e. The van der Waals surface area contributed by atoms with Crippen LogP contribution in [0.3, 0.4) is 0 Å². The van der Waals surface area contributed by atoms with Gasteiger partial charge >= 0.3 is 6.18 Å². The predicted molar refractivity (Wildman–Crippen MR) is 89.8 cm³/mol. The van der Waals surface area contributed by atoms with E-state index in [0.717, 1.165) is 16.6 Å². The first-order valence-electron chi connectivity index (χ1n) is 6.79. The summed E-state index contributed by atoms with van der Waals surface area (Å²) in [4.78, 5) is 11.9. The largest absolute Gasteiger partial charge is 0.496 e. The number of hydrogen-bond acceptors (Lipinski definition) is 2. The van der Waals surface area contributed by atoms with Crippen LogP contribution in [0.1, 0.15) is 11.1 Å². The fourth-order valence-electron chi connectivity index (χ4n) is 1.96. The van der Waals surface area contributed by atoms with Gasteiger partial charge in [-0.1, -0.05) is 22.0 Å². The normalized spacial score (nSPS) is 11.5. The maximum atomic E-state index is 12.7. The monoisotopic (exact) mass is 399 g/mol. The average Bonchev–Trinajstić information content (AvgIpc) is 2.52. The van der Waals surface area contributed by atoms with Crippen LogP contribution in [-0.2, 0) is 11.0 Å². The van der Waals surface area contributed by atoms with E-state index in [9.17, 15) is 18.0 Å². The second kappa shape index (κ2) is 7.53. The molecule has 0 saturated carbocycles. The third-order valence-corrected chi connectivity index (χ3v) is 3.56. The van der Waals surface area contributed by atoms with Crippen molar-refractivity contribution in [3.63, 3.8) is 0 Å². The summed E-state index contributed by atoms with van der Waals surface area (Å²) in [5.74, 6) is 0.0256. The van der Waals surface area contributed by atoms with E-state index in [2.05, 4.69) is 21.2 Å². The standard InChI is InChI=1S/C17H13BrF3NO2/c1-24-15-7-6-13(18)9-11(15)5-8-16(23)22-14-4-2-3-12(10-14)17(19,20)21/h2-10H,1H3,(H,22,23)/b8-5+. The van der Waals surface area contributed by atoms with E-state index in [1.807, 2.05) is 0 Å². The van der Waals surface area contributed by atoms with Crippen LogP contribution in [0.15, 0.2) is 53.0 Å². The van der Waals surface area contributed by atoms with Crippen LogP contribution < -0.4 is 10.1 Å². The first kappa shape index (κ1) is 18.1. The van der Waals surface area contributed by atoms with E-state index < -0.39 is 17.6 Å². The summed E-state index contributed by atoms with van der Waals surface area (Å²) in [7, 11) is 1.50. The van der Waals surface area contributed by atoms with Gasteiger partial charge in [-0.15, -0.1) is 0 Å². The Morgan fingerprint density at radius 2 is 1.96 bits per heavy atom. The Hall–Kier alpha value is -2.28. The van der Waals surface area contributed by atoms with Crippen molar-refractivity contribution in [2.24, 2.45) is 0 Å². The highest BCUT2D eigenvalue weighted by Crippen LogP contribution is 2.30. The first-order valence-corrected chi connectivity index (χ1v) is 7.59. The van der Waals surface area contributed by atoms with Crippen LogP contribution in [0, 0.1) is 0 Å². The molecule has 126 valence electrons. The summed E-state index contributed by atoms with van der Waals surface area (Å²) in [6.07, 6.45) is -1.71. The van der Waals surface area contributed by atoms with Gasteiger partial charge in [0.25, 0.3) is 0 Å². The number of methoxy groups -OCH3 is 1. The molecule has 24 heavy (non-hydrogen) atoms. The fraction of sp³-hybridized carbons (Fsp3) is 0.118. The first-order chi connectivity index (χ1) is 11.3. The van der Waals surface area contributed by atoms with E-state index in [-0.39, 0.29) is 5.69 Å². The van der Waals surface area contributed by atoms with Gasteiger partial charge in [-0.3, -0.25) is 4.79 Å². The number of hydrogen-bond donors (Lipinski definition) is 1. The summed E-state index contributed by atoms with van der Waals surface area (Å²) in [5, 5.41) is 2.40. The summed E-state index contributed by atoms with van der Waals surface area (Å²) in [6, 6.07) is 9.73. The molecule has 0 bridgehead atoms. The van der Waals surface area contributed by atoms with Gasteiger partial charge < -0.3 is 10.1 Å². The fourth-order valence-corrected chi connectivity index (χ4v) is 2.34. The number of ether oxygens (including phenoxy) is 1. The van der Waals surface area contributed by atoms with Crippen LogP contribution in [0.2, 0.25) is 0 Å². The number of carbonyl (C=O) groups is 1. The molecule has 1 N–H and O–H groups in total. The van der Waals surface area contributed by atoms with Gasteiger partial charge in [0.15, 0.2) is 0 Å². The highest BCUT2D eigenvalue weighted by Gasteiger charge is 2.30. The topological polar surface area (TPSA) is 38.3 Å². The van der Waals surface area contributed by atoms with E-state index >= 15 is 0 Å². The van der Waals surface area contributed by atoms with Gasteiger partial charge in [0.2, 0.25) is 5.91 Å². The third kappa shape index (κ3) is 4.86. The molecule has 7 heteroatoms. The molecular formula is C17H13BrF3NO2. The maximum absolute atomic E-state index is 12.7. The van der Waals surface area contributed by atoms with Gasteiger partial charge in [-0.25, -0.2) is 0 Å². The molecule has 2 aromatic carbocycles. The molecule has 0 atom stereocenters. The molecule has 0 aromatic heterocycles.